The van der Waals surface area contributed by atoms with Gasteiger partial charge in [0, 0.05) is 5.02 Å². The maximum absolute atomic E-state index is 11.9. The van der Waals surface area contributed by atoms with E-state index in [9.17, 15) is 4.79 Å². The molecule has 0 aliphatic carbocycles. The molecule has 0 saturated heterocycles. The Labute approximate surface area is 142 Å². The number of benzene rings is 2. The zero-order valence-electron chi connectivity index (χ0n) is 11.1. The second-order valence-electron chi connectivity index (χ2n) is 4.19. The lowest BCUT2D eigenvalue weighted by Gasteiger charge is -2.11. The number of amides is 1. The molecule has 1 N–H and O–H groups in total. The van der Waals surface area contributed by atoms with E-state index in [1.165, 1.54) is 12.1 Å². The second kappa shape index (κ2) is 7.37. The van der Waals surface area contributed by atoms with E-state index in [1.807, 2.05) is 6.07 Å². The van der Waals surface area contributed by atoms with Crippen LogP contribution in [0, 0.1) is 11.3 Å². The molecule has 7 heteroatoms. The van der Waals surface area contributed by atoms with Crippen molar-refractivity contribution in [3.05, 3.63) is 57.0 Å². The third-order valence-electron chi connectivity index (χ3n) is 2.64. The first-order valence-electron chi connectivity index (χ1n) is 6.07. The van der Waals surface area contributed by atoms with Gasteiger partial charge in [0.05, 0.1) is 21.3 Å². The maximum Gasteiger partial charge on any atom is 0.262 e. The third-order valence-corrected chi connectivity index (χ3v) is 3.45. The number of halogens is 3. The standard InChI is InChI=1S/C15H9Cl3N2O2/c16-10-5-11(17)15(12(18)6-10)20-14(21)8-22-13-4-2-1-3-9(13)7-19/h1-6H,8H2,(H,20,21). The van der Waals surface area contributed by atoms with Gasteiger partial charge in [0.2, 0.25) is 0 Å². The van der Waals surface area contributed by atoms with E-state index < -0.39 is 5.91 Å². The van der Waals surface area contributed by atoms with Crippen LogP contribution in [0.15, 0.2) is 36.4 Å². The fourth-order valence-corrected chi connectivity index (χ4v) is 2.58. The van der Waals surface area contributed by atoms with Crippen LogP contribution in [0.2, 0.25) is 15.1 Å². The minimum absolute atomic E-state index is 0.225. The summed E-state index contributed by atoms with van der Waals surface area (Å²) >= 11 is 17.7. The minimum Gasteiger partial charge on any atom is -0.482 e. The van der Waals surface area contributed by atoms with Gasteiger partial charge in [-0.2, -0.15) is 5.26 Å². The first-order chi connectivity index (χ1) is 10.5. The van der Waals surface area contributed by atoms with E-state index in [2.05, 4.69) is 5.32 Å². The first-order valence-corrected chi connectivity index (χ1v) is 7.21. The molecule has 0 bridgehead atoms. The lowest BCUT2D eigenvalue weighted by molar-refractivity contribution is -0.118. The monoisotopic (exact) mass is 354 g/mol. The second-order valence-corrected chi connectivity index (χ2v) is 5.44. The number of carbonyl (C=O) groups is 1. The topological polar surface area (TPSA) is 62.1 Å². The van der Waals surface area contributed by atoms with Crippen LogP contribution in [0.4, 0.5) is 5.69 Å². The molecule has 2 rings (SSSR count). The highest BCUT2D eigenvalue weighted by molar-refractivity contribution is 6.42. The molecule has 4 nitrogen and oxygen atoms in total. The van der Waals surface area contributed by atoms with Crippen molar-refractivity contribution in [3.63, 3.8) is 0 Å². The molecular weight excluding hydrogens is 347 g/mol. The smallest absolute Gasteiger partial charge is 0.262 e. The van der Waals surface area contributed by atoms with E-state index in [1.54, 1.807) is 24.3 Å². The van der Waals surface area contributed by atoms with E-state index >= 15 is 0 Å². The quantitative estimate of drug-likeness (QED) is 0.876. The zero-order valence-corrected chi connectivity index (χ0v) is 13.3. The number of carbonyl (C=O) groups excluding carboxylic acids is 1. The van der Waals surface area contributed by atoms with Gasteiger partial charge in [-0.15, -0.1) is 0 Å². The van der Waals surface area contributed by atoms with Gasteiger partial charge in [-0.1, -0.05) is 46.9 Å². The zero-order chi connectivity index (χ0) is 16.1. The number of nitrogens with one attached hydrogen (secondary N) is 1. The molecule has 112 valence electrons. The van der Waals surface area contributed by atoms with Crippen LogP contribution >= 0.6 is 34.8 Å². The molecule has 0 radical (unpaired) electrons. The van der Waals surface area contributed by atoms with Crippen molar-refractivity contribution < 1.29 is 9.53 Å². The van der Waals surface area contributed by atoms with E-state index in [0.717, 1.165) is 0 Å². The summed E-state index contributed by atoms with van der Waals surface area (Å²) in [6.45, 7) is -0.284. The Morgan fingerprint density at radius 2 is 1.82 bits per heavy atom. The average molecular weight is 356 g/mol. The average Bonchev–Trinajstić information content (AvgIpc) is 2.49. The lowest BCUT2D eigenvalue weighted by atomic mass is 10.2. The Morgan fingerprint density at radius 1 is 1.18 bits per heavy atom. The van der Waals surface area contributed by atoms with Gasteiger partial charge in [-0.05, 0) is 24.3 Å². The summed E-state index contributed by atoms with van der Waals surface area (Å²) in [7, 11) is 0. The van der Waals surface area contributed by atoms with Gasteiger partial charge in [-0.3, -0.25) is 4.79 Å². The first kappa shape index (κ1) is 16.4. The number of hydrogen-bond donors (Lipinski definition) is 1. The summed E-state index contributed by atoms with van der Waals surface area (Å²) in [6.07, 6.45) is 0. The Hall–Kier alpha value is -1.93. The number of para-hydroxylation sites is 1. The molecule has 22 heavy (non-hydrogen) atoms. The molecule has 0 aliphatic rings. The number of ether oxygens (including phenoxy) is 1. The summed E-state index contributed by atoms with van der Waals surface area (Å²) in [4.78, 5) is 11.9. The van der Waals surface area contributed by atoms with Crippen LogP contribution in [0.1, 0.15) is 5.56 Å². The highest BCUT2D eigenvalue weighted by Gasteiger charge is 2.12. The highest BCUT2D eigenvalue weighted by atomic mass is 35.5. The molecule has 0 aliphatic heterocycles. The SMILES string of the molecule is N#Cc1ccccc1OCC(=O)Nc1c(Cl)cc(Cl)cc1Cl. The molecule has 0 spiro atoms. The third kappa shape index (κ3) is 4.05. The Morgan fingerprint density at radius 3 is 2.45 bits per heavy atom. The van der Waals surface area contributed by atoms with Crippen LogP contribution < -0.4 is 10.1 Å². The van der Waals surface area contributed by atoms with Gasteiger partial charge < -0.3 is 10.1 Å². The van der Waals surface area contributed by atoms with Gasteiger partial charge in [0.15, 0.2) is 6.61 Å². The number of anilines is 1. The predicted molar refractivity (Wildman–Crippen MR) is 86.8 cm³/mol. The number of nitrogens with zero attached hydrogens (tertiary/aromatic N) is 1. The summed E-state index contributed by atoms with van der Waals surface area (Å²) in [5.74, 6) is -0.132. The van der Waals surface area contributed by atoms with E-state index in [4.69, 9.17) is 44.8 Å². The molecule has 0 unspecified atom stereocenters. The molecule has 2 aromatic carbocycles. The molecule has 0 aromatic heterocycles. The van der Waals surface area contributed by atoms with Crippen LogP contribution in [0.3, 0.4) is 0 Å². The molecule has 0 saturated carbocycles. The van der Waals surface area contributed by atoms with E-state index in [-0.39, 0.29) is 22.3 Å². The molecule has 0 heterocycles. The Bertz CT molecular complexity index is 734. The Balaban J connectivity index is 2.04. The molecule has 0 atom stereocenters. The number of nitriles is 1. The van der Waals surface area contributed by atoms with Crippen molar-refractivity contribution in [1.82, 2.24) is 0 Å². The summed E-state index contributed by atoms with van der Waals surface area (Å²) in [5, 5.41) is 12.3. The highest BCUT2D eigenvalue weighted by Crippen LogP contribution is 2.33. The van der Waals surface area contributed by atoms with Gasteiger partial charge in [0.1, 0.15) is 11.8 Å². The van der Waals surface area contributed by atoms with Crippen molar-refractivity contribution in [2.24, 2.45) is 0 Å². The van der Waals surface area contributed by atoms with Gasteiger partial charge in [0.25, 0.3) is 5.91 Å². The molecule has 0 fully saturated rings. The Kier molecular flexibility index (Phi) is 5.51. The molecule has 1 amide bonds. The van der Waals surface area contributed by atoms with Crippen LogP contribution in [0.25, 0.3) is 0 Å². The largest absolute Gasteiger partial charge is 0.482 e. The van der Waals surface area contributed by atoms with Crippen LogP contribution in [-0.2, 0) is 4.79 Å². The fraction of sp³-hybridized carbons (Fsp3) is 0.0667. The van der Waals surface area contributed by atoms with Crippen molar-refractivity contribution in [2.75, 3.05) is 11.9 Å². The van der Waals surface area contributed by atoms with Crippen LogP contribution in [0.5, 0.6) is 5.75 Å². The minimum atomic E-state index is -0.459. The summed E-state index contributed by atoms with van der Waals surface area (Å²) in [6, 6.07) is 11.5. The number of hydrogen-bond acceptors (Lipinski definition) is 3. The predicted octanol–water partition coefficient (Wildman–Crippen LogP) is 4.54. The normalized spacial score (nSPS) is 9.91. The van der Waals surface area contributed by atoms with Gasteiger partial charge >= 0.3 is 0 Å². The van der Waals surface area contributed by atoms with Crippen LogP contribution in [-0.4, -0.2) is 12.5 Å². The molecule has 2 aromatic rings. The van der Waals surface area contributed by atoms with Crippen molar-refractivity contribution >= 4 is 46.4 Å². The number of rotatable bonds is 4. The van der Waals surface area contributed by atoms with Crippen molar-refractivity contribution in [2.45, 2.75) is 0 Å². The summed E-state index contributed by atoms with van der Waals surface area (Å²) < 4.78 is 5.32. The fourth-order valence-electron chi connectivity index (χ4n) is 1.67. The van der Waals surface area contributed by atoms with Gasteiger partial charge in [-0.25, -0.2) is 0 Å². The van der Waals surface area contributed by atoms with Crippen molar-refractivity contribution in [3.8, 4) is 11.8 Å². The van der Waals surface area contributed by atoms with E-state index in [0.29, 0.717) is 16.3 Å². The summed E-state index contributed by atoms with van der Waals surface area (Å²) in [5.41, 5.74) is 0.604. The molecular formula is C15H9Cl3N2O2. The maximum atomic E-state index is 11.9. The van der Waals surface area contributed by atoms with Crippen molar-refractivity contribution in [1.29, 1.82) is 5.26 Å². The lowest BCUT2D eigenvalue weighted by Crippen LogP contribution is -2.20.